The average Bonchev–Trinajstić information content (AvgIpc) is 2.64. The van der Waals surface area contributed by atoms with Crippen LogP contribution in [0.3, 0.4) is 0 Å². The van der Waals surface area contributed by atoms with Crippen LogP contribution in [0, 0.1) is 0 Å². The number of allylic oxidation sites excluding steroid dienone is 3. The molecule has 0 atom stereocenters. The summed E-state index contributed by atoms with van der Waals surface area (Å²) in [4.78, 5) is 10.9. The zero-order chi connectivity index (χ0) is 9.52. The van der Waals surface area contributed by atoms with E-state index in [0.29, 0.717) is 13.2 Å². The maximum atomic E-state index is 10.9. The largest absolute Gasteiger partial charge is 0.445 e. The fourth-order valence-corrected chi connectivity index (χ4v) is 0.963. The highest BCUT2D eigenvalue weighted by molar-refractivity contribution is 5.67. The normalized spacial score (nSPS) is 13.7. The molecule has 0 bridgehead atoms. The molecule has 1 N–H and O–H groups in total. The highest BCUT2D eigenvalue weighted by Crippen LogP contribution is 2.09. The Kier molecular flexibility index (Phi) is 3.82. The lowest BCUT2D eigenvalue weighted by Crippen LogP contribution is -2.24. The molecule has 0 aromatic carbocycles. The Bertz CT molecular complexity index is 254. The SMILES string of the molecule is C=CCNC(=O)OCC1=CC=CC1. The summed E-state index contributed by atoms with van der Waals surface area (Å²) in [6.45, 7) is 4.29. The highest BCUT2D eigenvalue weighted by Gasteiger charge is 2.03. The quantitative estimate of drug-likeness (QED) is 0.668. The van der Waals surface area contributed by atoms with Crippen LogP contribution in [0.4, 0.5) is 4.79 Å². The fraction of sp³-hybridized carbons (Fsp3) is 0.300. The molecule has 0 heterocycles. The maximum absolute atomic E-state index is 10.9. The number of nitrogens with one attached hydrogen (secondary N) is 1. The standard InChI is InChI=1S/C10H13NO2/c1-2-7-11-10(12)13-8-9-5-3-4-6-9/h2-5H,1,6-8H2,(H,11,12). The third-order valence-electron chi connectivity index (χ3n) is 1.63. The van der Waals surface area contributed by atoms with Crippen molar-refractivity contribution in [3.05, 3.63) is 36.5 Å². The molecule has 0 unspecified atom stereocenters. The van der Waals surface area contributed by atoms with Crippen LogP contribution in [-0.4, -0.2) is 19.2 Å². The molecular formula is C10H13NO2. The van der Waals surface area contributed by atoms with Crippen molar-refractivity contribution < 1.29 is 9.53 Å². The van der Waals surface area contributed by atoms with Crippen molar-refractivity contribution in [2.45, 2.75) is 6.42 Å². The van der Waals surface area contributed by atoms with Crippen LogP contribution < -0.4 is 5.32 Å². The van der Waals surface area contributed by atoms with Crippen LogP contribution in [0.5, 0.6) is 0 Å². The van der Waals surface area contributed by atoms with Gasteiger partial charge in [-0.3, -0.25) is 0 Å². The van der Waals surface area contributed by atoms with E-state index >= 15 is 0 Å². The molecule has 0 spiro atoms. The van der Waals surface area contributed by atoms with Crippen LogP contribution in [0.25, 0.3) is 0 Å². The van der Waals surface area contributed by atoms with Crippen molar-refractivity contribution in [3.63, 3.8) is 0 Å². The second-order valence-electron chi connectivity index (χ2n) is 2.70. The van der Waals surface area contributed by atoms with Gasteiger partial charge in [0, 0.05) is 6.54 Å². The predicted octanol–water partition coefficient (Wildman–Crippen LogP) is 1.78. The van der Waals surface area contributed by atoms with E-state index in [4.69, 9.17) is 4.74 Å². The van der Waals surface area contributed by atoms with Gasteiger partial charge in [0.15, 0.2) is 0 Å². The predicted molar refractivity (Wildman–Crippen MR) is 51.4 cm³/mol. The van der Waals surface area contributed by atoms with Crippen molar-refractivity contribution in [1.29, 1.82) is 0 Å². The minimum atomic E-state index is -0.396. The first-order valence-corrected chi connectivity index (χ1v) is 4.19. The first-order valence-electron chi connectivity index (χ1n) is 4.19. The third kappa shape index (κ3) is 3.60. The van der Waals surface area contributed by atoms with E-state index in [9.17, 15) is 4.79 Å². The fourth-order valence-electron chi connectivity index (χ4n) is 0.963. The minimum Gasteiger partial charge on any atom is -0.445 e. The van der Waals surface area contributed by atoms with Gasteiger partial charge in [0.25, 0.3) is 0 Å². The molecule has 0 fully saturated rings. The highest BCUT2D eigenvalue weighted by atomic mass is 16.5. The van der Waals surface area contributed by atoms with Gasteiger partial charge in [-0.15, -0.1) is 6.58 Å². The van der Waals surface area contributed by atoms with Crippen LogP contribution in [0.2, 0.25) is 0 Å². The molecule has 70 valence electrons. The molecule has 0 aromatic heterocycles. The van der Waals surface area contributed by atoms with Gasteiger partial charge < -0.3 is 10.1 Å². The van der Waals surface area contributed by atoms with Crippen LogP contribution in [0.1, 0.15) is 6.42 Å². The molecular weight excluding hydrogens is 166 g/mol. The summed E-state index contributed by atoms with van der Waals surface area (Å²) in [5.74, 6) is 0. The van der Waals surface area contributed by atoms with Gasteiger partial charge in [-0.25, -0.2) is 4.79 Å². The Morgan fingerprint density at radius 1 is 1.77 bits per heavy atom. The van der Waals surface area contributed by atoms with Crippen LogP contribution >= 0.6 is 0 Å². The Morgan fingerprint density at radius 2 is 2.62 bits per heavy atom. The third-order valence-corrected chi connectivity index (χ3v) is 1.63. The Balaban J connectivity index is 2.11. The summed E-state index contributed by atoms with van der Waals surface area (Å²) < 4.78 is 4.92. The van der Waals surface area contributed by atoms with Crippen molar-refractivity contribution in [1.82, 2.24) is 5.32 Å². The topological polar surface area (TPSA) is 38.3 Å². The van der Waals surface area contributed by atoms with Gasteiger partial charge in [-0.05, 0) is 12.0 Å². The molecule has 3 heteroatoms. The second kappa shape index (κ2) is 5.19. The van der Waals surface area contributed by atoms with Crippen molar-refractivity contribution >= 4 is 6.09 Å². The molecule has 0 radical (unpaired) electrons. The lowest BCUT2D eigenvalue weighted by Gasteiger charge is -2.05. The lowest BCUT2D eigenvalue weighted by molar-refractivity contribution is 0.156. The Morgan fingerprint density at radius 3 is 3.23 bits per heavy atom. The van der Waals surface area contributed by atoms with E-state index in [1.54, 1.807) is 6.08 Å². The van der Waals surface area contributed by atoms with E-state index in [1.165, 1.54) is 0 Å². The molecule has 1 rings (SSSR count). The van der Waals surface area contributed by atoms with Crippen molar-refractivity contribution in [2.75, 3.05) is 13.2 Å². The zero-order valence-corrected chi connectivity index (χ0v) is 7.45. The van der Waals surface area contributed by atoms with E-state index in [-0.39, 0.29) is 0 Å². The molecule has 3 nitrogen and oxygen atoms in total. The molecule has 0 saturated carbocycles. The van der Waals surface area contributed by atoms with E-state index < -0.39 is 6.09 Å². The molecule has 0 saturated heterocycles. The van der Waals surface area contributed by atoms with Gasteiger partial charge >= 0.3 is 6.09 Å². The zero-order valence-electron chi connectivity index (χ0n) is 7.45. The molecule has 13 heavy (non-hydrogen) atoms. The summed E-state index contributed by atoms with van der Waals surface area (Å²) in [5, 5.41) is 2.53. The monoisotopic (exact) mass is 179 g/mol. The molecule has 1 aliphatic carbocycles. The first kappa shape index (κ1) is 9.58. The van der Waals surface area contributed by atoms with Gasteiger partial charge in [-0.1, -0.05) is 24.3 Å². The molecule has 0 aromatic rings. The van der Waals surface area contributed by atoms with Crippen molar-refractivity contribution in [2.24, 2.45) is 0 Å². The number of ether oxygens (including phenoxy) is 1. The van der Waals surface area contributed by atoms with E-state index in [0.717, 1.165) is 12.0 Å². The molecule has 1 aliphatic rings. The van der Waals surface area contributed by atoms with Gasteiger partial charge in [-0.2, -0.15) is 0 Å². The Hall–Kier alpha value is -1.51. The van der Waals surface area contributed by atoms with Gasteiger partial charge in [0.1, 0.15) is 6.61 Å². The summed E-state index contributed by atoms with van der Waals surface area (Å²) in [7, 11) is 0. The van der Waals surface area contributed by atoms with Crippen LogP contribution in [0.15, 0.2) is 36.5 Å². The smallest absolute Gasteiger partial charge is 0.407 e. The summed E-state index contributed by atoms with van der Waals surface area (Å²) in [5.41, 5.74) is 1.12. The number of carbonyl (C=O) groups is 1. The number of carbonyl (C=O) groups excluding carboxylic acids is 1. The van der Waals surface area contributed by atoms with E-state index in [2.05, 4.69) is 11.9 Å². The van der Waals surface area contributed by atoms with E-state index in [1.807, 2.05) is 18.2 Å². The van der Waals surface area contributed by atoms with Gasteiger partial charge in [0.05, 0.1) is 0 Å². The lowest BCUT2D eigenvalue weighted by atomic mass is 10.2. The molecule has 0 aliphatic heterocycles. The first-order chi connectivity index (χ1) is 6.33. The summed E-state index contributed by atoms with van der Waals surface area (Å²) >= 11 is 0. The summed E-state index contributed by atoms with van der Waals surface area (Å²) in [6.07, 6.45) is 8.04. The summed E-state index contributed by atoms with van der Waals surface area (Å²) in [6, 6.07) is 0. The second-order valence-corrected chi connectivity index (χ2v) is 2.70. The number of hydrogen-bond donors (Lipinski definition) is 1. The Labute approximate surface area is 77.8 Å². The minimum absolute atomic E-state index is 0.371. The van der Waals surface area contributed by atoms with Crippen molar-refractivity contribution in [3.8, 4) is 0 Å². The molecule has 1 amide bonds. The van der Waals surface area contributed by atoms with Crippen LogP contribution in [-0.2, 0) is 4.74 Å². The number of alkyl carbamates (subject to hydrolysis) is 1. The number of rotatable bonds is 4. The maximum Gasteiger partial charge on any atom is 0.407 e. The number of hydrogen-bond acceptors (Lipinski definition) is 2. The average molecular weight is 179 g/mol. The number of amides is 1. The van der Waals surface area contributed by atoms with Gasteiger partial charge in [0.2, 0.25) is 0 Å².